The van der Waals surface area contributed by atoms with Crippen LogP contribution in [0.3, 0.4) is 0 Å². The van der Waals surface area contributed by atoms with Gasteiger partial charge in [0.25, 0.3) is 0 Å². The van der Waals surface area contributed by atoms with Crippen LogP contribution in [0.25, 0.3) is 0 Å². The van der Waals surface area contributed by atoms with Gasteiger partial charge in [0.1, 0.15) is 0 Å². The van der Waals surface area contributed by atoms with Gasteiger partial charge in [0.15, 0.2) is 0 Å². The van der Waals surface area contributed by atoms with Crippen molar-refractivity contribution >= 4 is 0 Å². The van der Waals surface area contributed by atoms with Crippen molar-refractivity contribution in [3.05, 3.63) is 24.3 Å². The summed E-state index contributed by atoms with van der Waals surface area (Å²) in [5.74, 6) is 0. The molecule has 0 aromatic carbocycles. The van der Waals surface area contributed by atoms with Gasteiger partial charge in [-0.2, -0.15) is 0 Å². The predicted octanol–water partition coefficient (Wildman–Crippen LogP) is 3.31. The largest absolute Gasteiger partial charge is 0.103 e. The van der Waals surface area contributed by atoms with Crippen LogP contribution >= 0.6 is 0 Å². The van der Waals surface area contributed by atoms with E-state index >= 15 is 0 Å². The van der Waals surface area contributed by atoms with E-state index in [-0.39, 0.29) is 0 Å². The molecule has 0 heteroatoms. The highest BCUT2D eigenvalue weighted by Crippen LogP contribution is 2.01. The van der Waals surface area contributed by atoms with E-state index in [9.17, 15) is 0 Å². The summed E-state index contributed by atoms with van der Waals surface area (Å²) in [5.41, 5.74) is 1.48. The summed E-state index contributed by atoms with van der Waals surface area (Å²) in [7, 11) is 0. The quantitative estimate of drug-likeness (QED) is 0.398. The zero-order valence-corrected chi connectivity index (χ0v) is 6.48. The monoisotopic (exact) mass is 124 g/mol. The molecule has 0 rings (SSSR count). The second-order valence-corrected chi connectivity index (χ2v) is 2.27. The molecule has 0 aliphatic rings. The Kier molecular flexibility index (Phi) is 5.29. The third kappa shape index (κ3) is 5.35. The third-order valence-corrected chi connectivity index (χ3v) is 1.42. The smallest absolute Gasteiger partial charge is 0.0314 e. The van der Waals surface area contributed by atoms with Crippen molar-refractivity contribution in [1.82, 2.24) is 0 Å². The summed E-state index contributed by atoms with van der Waals surface area (Å²) in [6, 6.07) is 0. The molecule has 0 aliphatic heterocycles. The Labute approximate surface area is 58.3 Å². The van der Waals surface area contributed by atoms with Crippen molar-refractivity contribution < 1.29 is 0 Å². The van der Waals surface area contributed by atoms with Crippen molar-refractivity contribution in [2.75, 3.05) is 0 Å². The molecule has 0 heterocycles. The number of allylic oxidation sites excluding steroid dienone is 3. The third-order valence-electron chi connectivity index (χ3n) is 1.42. The number of rotatable bonds is 4. The first-order valence-corrected chi connectivity index (χ1v) is 3.57. The fourth-order valence-corrected chi connectivity index (χ4v) is 0.592. The summed E-state index contributed by atoms with van der Waals surface area (Å²) in [6.07, 6.45) is 7.68. The van der Waals surface area contributed by atoms with Gasteiger partial charge in [0, 0.05) is 0 Å². The van der Waals surface area contributed by atoms with Crippen molar-refractivity contribution in [3.63, 3.8) is 0 Å². The first-order chi connectivity index (χ1) is 4.31. The topological polar surface area (TPSA) is 0 Å². The molecule has 0 fully saturated rings. The van der Waals surface area contributed by atoms with Gasteiger partial charge in [-0.1, -0.05) is 24.6 Å². The van der Waals surface area contributed by atoms with E-state index in [1.807, 2.05) is 6.08 Å². The predicted molar refractivity (Wildman–Crippen MR) is 43.5 cm³/mol. The lowest BCUT2D eigenvalue weighted by Crippen LogP contribution is -1.71. The number of unbranched alkanes of at least 4 members (excludes halogenated alkanes) is 1. The summed E-state index contributed by atoms with van der Waals surface area (Å²) in [6.45, 7) is 8.00. The zero-order valence-electron chi connectivity index (χ0n) is 6.48. The van der Waals surface area contributed by atoms with E-state index < -0.39 is 0 Å². The molecular formula is C9H16. The second-order valence-electron chi connectivity index (χ2n) is 2.27. The van der Waals surface area contributed by atoms with E-state index in [0.29, 0.717) is 0 Å². The van der Waals surface area contributed by atoms with Gasteiger partial charge in [-0.3, -0.25) is 0 Å². The average molecular weight is 124 g/mol. The molecule has 0 bridgehead atoms. The lowest BCUT2D eigenvalue weighted by molar-refractivity contribution is 1.00. The van der Waals surface area contributed by atoms with Crippen molar-refractivity contribution in [3.8, 4) is 0 Å². The zero-order chi connectivity index (χ0) is 7.11. The molecule has 0 aromatic heterocycles. The molecule has 9 heavy (non-hydrogen) atoms. The molecule has 0 saturated carbocycles. The molecule has 52 valence electrons. The average Bonchev–Trinajstić information content (AvgIpc) is 1.89. The van der Waals surface area contributed by atoms with Crippen LogP contribution in [-0.4, -0.2) is 0 Å². The van der Waals surface area contributed by atoms with Crippen molar-refractivity contribution in [2.24, 2.45) is 0 Å². The Balaban J connectivity index is 3.31. The maximum absolute atomic E-state index is 3.65. The van der Waals surface area contributed by atoms with Crippen LogP contribution < -0.4 is 0 Å². The Bertz CT molecular complexity index is 98.6. The molecule has 0 amide bonds. The summed E-state index contributed by atoms with van der Waals surface area (Å²) in [5, 5.41) is 0. The normalized spacial score (nSPS) is 11.6. The first-order valence-electron chi connectivity index (χ1n) is 3.57. The summed E-state index contributed by atoms with van der Waals surface area (Å²) in [4.78, 5) is 0. The Hall–Kier alpha value is -0.520. The van der Waals surface area contributed by atoms with Gasteiger partial charge >= 0.3 is 0 Å². The van der Waals surface area contributed by atoms with E-state index in [1.165, 1.54) is 12.0 Å². The molecule has 0 unspecified atom stereocenters. The van der Waals surface area contributed by atoms with Crippen molar-refractivity contribution in [1.29, 1.82) is 0 Å². The van der Waals surface area contributed by atoms with Crippen LogP contribution in [0.4, 0.5) is 0 Å². The van der Waals surface area contributed by atoms with E-state index in [1.54, 1.807) is 0 Å². The second kappa shape index (κ2) is 5.61. The highest BCUT2D eigenvalue weighted by Gasteiger charge is 1.80. The first kappa shape index (κ1) is 8.48. The van der Waals surface area contributed by atoms with Crippen LogP contribution in [0.2, 0.25) is 0 Å². The Morgan fingerprint density at radius 2 is 2.11 bits per heavy atom. The lowest BCUT2D eigenvalue weighted by atomic mass is 10.2. The molecular weight excluding hydrogens is 108 g/mol. The molecule has 0 radical (unpaired) electrons. The van der Waals surface area contributed by atoms with E-state index in [4.69, 9.17) is 0 Å². The molecule has 0 spiro atoms. The fourth-order valence-electron chi connectivity index (χ4n) is 0.592. The SMILES string of the molecule is C=CCC/C=C(\C)CC. The Morgan fingerprint density at radius 1 is 1.44 bits per heavy atom. The van der Waals surface area contributed by atoms with Crippen LogP contribution in [-0.2, 0) is 0 Å². The van der Waals surface area contributed by atoms with E-state index in [0.717, 1.165) is 12.8 Å². The molecule has 0 aliphatic carbocycles. The lowest BCUT2D eigenvalue weighted by Gasteiger charge is -1.91. The molecule has 0 atom stereocenters. The van der Waals surface area contributed by atoms with Gasteiger partial charge in [0.2, 0.25) is 0 Å². The van der Waals surface area contributed by atoms with Gasteiger partial charge < -0.3 is 0 Å². The maximum atomic E-state index is 3.65. The standard InChI is InChI=1S/C9H16/c1-4-6-7-8-9(3)5-2/h4,8H,1,5-7H2,2-3H3/b9-8+. The molecule has 0 N–H and O–H groups in total. The van der Waals surface area contributed by atoms with Crippen LogP contribution in [0, 0.1) is 0 Å². The Morgan fingerprint density at radius 3 is 2.56 bits per heavy atom. The van der Waals surface area contributed by atoms with Crippen LogP contribution in [0.5, 0.6) is 0 Å². The molecule has 0 saturated heterocycles. The van der Waals surface area contributed by atoms with Gasteiger partial charge in [-0.15, -0.1) is 6.58 Å². The van der Waals surface area contributed by atoms with Crippen LogP contribution in [0.1, 0.15) is 33.1 Å². The minimum Gasteiger partial charge on any atom is -0.103 e. The molecule has 0 nitrogen and oxygen atoms in total. The van der Waals surface area contributed by atoms with Gasteiger partial charge in [-0.05, 0) is 26.2 Å². The summed E-state index contributed by atoms with van der Waals surface area (Å²) >= 11 is 0. The minimum atomic E-state index is 1.11. The highest BCUT2D eigenvalue weighted by molar-refractivity contribution is 4.97. The maximum Gasteiger partial charge on any atom is -0.0314 e. The minimum absolute atomic E-state index is 1.11. The summed E-state index contributed by atoms with van der Waals surface area (Å²) < 4.78 is 0. The van der Waals surface area contributed by atoms with Gasteiger partial charge in [0.05, 0.1) is 0 Å². The molecule has 0 aromatic rings. The number of hydrogen-bond donors (Lipinski definition) is 0. The number of hydrogen-bond acceptors (Lipinski definition) is 0. The van der Waals surface area contributed by atoms with Crippen molar-refractivity contribution in [2.45, 2.75) is 33.1 Å². The van der Waals surface area contributed by atoms with Gasteiger partial charge in [-0.25, -0.2) is 0 Å². The van der Waals surface area contributed by atoms with E-state index in [2.05, 4.69) is 26.5 Å². The fraction of sp³-hybridized carbons (Fsp3) is 0.556. The highest BCUT2D eigenvalue weighted by atomic mass is 13.9. The van der Waals surface area contributed by atoms with Crippen LogP contribution in [0.15, 0.2) is 24.3 Å².